The number of allylic oxidation sites excluding steroid dienone is 1. The number of hydrogen-bond acceptors (Lipinski definition) is 0. The Morgan fingerprint density at radius 1 is 2.17 bits per heavy atom. The van der Waals surface area contributed by atoms with E-state index in [1.165, 1.54) is 13.0 Å². The molecule has 6 heavy (non-hydrogen) atoms. The molecule has 0 heteroatoms. The van der Waals surface area contributed by atoms with Crippen molar-refractivity contribution in [1.82, 2.24) is 0 Å². The molecule has 1 saturated carbocycles. The average molecular weight is 83.2 g/mol. The van der Waals surface area contributed by atoms with Crippen molar-refractivity contribution in [1.29, 1.82) is 0 Å². The second-order valence-electron chi connectivity index (χ2n) is 2.07. The summed E-state index contributed by atoms with van der Waals surface area (Å²) in [5.74, 6) is 1.61. The zero-order valence-electron chi connectivity index (χ0n) is 5.02. The zero-order chi connectivity index (χ0) is 5.28. The van der Waals surface area contributed by atoms with Crippen LogP contribution >= 0.6 is 0 Å². The highest BCUT2D eigenvalue weighted by atomic mass is 14.3. The van der Waals surface area contributed by atoms with Gasteiger partial charge in [0.15, 0.2) is 0 Å². The Morgan fingerprint density at radius 2 is 2.83 bits per heavy atom. The van der Waals surface area contributed by atoms with Crippen LogP contribution in [0.5, 0.6) is 0 Å². The van der Waals surface area contributed by atoms with Crippen LogP contribution in [0.1, 0.15) is 14.7 Å². The summed E-state index contributed by atoms with van der Waals surface area (Å²) in [7, 11) is 0. The third-order valence-corrected chi connectivity index (χ3v) is 1.42. The van der Waals surface area contributed by atoms with Crippen LogP contribution < -0.4 is 0 Å². The molecule has 0 aromatic carbocycles. The molecule has 0 unspecified atom stereocenters. The highest BCUT2D eigenvalue weighted by molar-refractivity contribution is 4.95. The van der Waals surface area contributed by atoms with E-state index in [0.717, 1.165) is 11.8 Å². The lowest BCUT2D eigenvalue weighted by atomic mass is 10.3. The van der Waals surface area contributed by atoms with E-state index in [2.05, 4.69) is 6.92 Å². The molecule has 1 aliphatic carbocycles. The SMILES string of the molecule is [2H]C=C[C@H]1C[C@@H]1C. The first kappa shape index (κ1) is 2.84. The quantitative estimate of drug-likeness (QED) is 0.424. The van der Waals surface area contributed by atoms with Gasteiger partial charge in [0, 0.05) is 0 Å². The van der Waals surface area contributed by atoms with E-state index < -0.39 is 0 Å². The van der Waals surface area contributed by atoms with E-state index in [-0.39, 0.29) is 0 Å². The second kappa shape index (κ2) is 1.11. The van der Waals surface area contributed by atoms with Crippen LogP contribution in [-0.4, -0.2) is 0 Å². The van der Waals surface area contributed by atoms with Gasteiger partial charge in [0.05, 0.1) is 1.37 Å². The molecule has 0 amide bonds. The molecule has 0 N–H and O–H groups in total. The molecule has 0 bridgehead atoms. The molecule has 1 aliphatic rings. The van der Waals surface area contributed by atoms with Crippen LogP contribution in [-0.2, 0) is 0 Å². The van der Waals surface area contributed by atoms with E-state index in [0.29, 0.717) is 0 Å². The minimum atomic E-state index is 0.748. The molecule has 0 saturated heterocycles. The van der Waals surface area contributed by atoms with Crippen LogP contribution in [0, 0.1) is 11.8 Å². The maximum atomic E-state index is 6.68. The molecule has 0 spiro atoms. The third kappa shape index (κ3) is 0.469. The number of hydrogen-bond donors (Lipinski definition) is 0. The first-order chi connectivity index (χ1) is 3.34. The van der Waals surface area contributed by atoms with Gasteiger partial charge in [-0.05, 0) is 18.3 Å². The highest BCUT2D eigenvalue weighted by Crippen LogP contribution is 2.37. The smallest absolute Gasteiger partial charge is 0.0535 e. The maximum Gasteiger partial charge on any atom is 0.0535 e. The Morgan fingerprint density at radius 3 is 3.00 bits per heavy atom. The molecule has 0 radical (unpaired) electrons. The van der Waals surface area contributed by atoms with Gasteiger partial charge in [-0.2, -0.15) is 0 Å². The van der Waals surface area contributed by atoms with Gasteiger partial charge in [0.2, 0.25) is 0 Å². The van der Waals surface area contributed by atoms with Crippen molar-refractivity contribution in [3.05, 3.63) is 12.6 Å². The van der Waals surface area contributed by atoms with Crippen molar-refractivity contribution in [2.45, 2.75) is 13.3 Å². The molecule has 2 atom stereocenters. The minimum absolute atomic E-state index is 0.748. The summed E-state index contributed by atoms with van der Waals surface area (Å²) in [5, 5.41) is 0. The van der Waals surface area contributed by atoms with Crippen molar-refractivity contribution in [2.75, 3.05) is 0 Å². The predicted molar refractivity (Wildman–Crippen MR) is 27.5 cm³/mol. The third-order valence-electron chi connectivity index (χ3n) is 1.42. The topological polar surface area (TPSA) is 0 Å². The molecular formula is C6H10. The molecule has 1 fully saturated rings. The van der Waals surface area contributed by atoms with Gasteiger partial charge in [-0.25, -0.2) is 0 Å². The second-order valence-corrected chi connectivity index (χ2v) is 2.07. The Bertz CT molecular complexity index is 86.2. The fraction of sp³-hybridized carbons (Fsp3) is 0.667. The summed E-state index contributed by atoms with van der Waals surface area (Å²) in [6.07, 6.45) is 3.26. The van der Waals surface area contributed by atoms with Crippen molar-refractivity contribution in [2.24, 2.45) is 11.8 Å². The van der Waals surface area contributed by atoms with Crippen LogP contribution in [0.4, 0.5) is 0 Å². The molecule has 0 heterocycles. The Hall–Kier alpha value is -0.260. The standard InChI is InChI=1S/C6H10/c1-3-6-4-5(6)2/h3,5-6H,1,4H2,2H3/t5-,6-/m0/s1/i1D. The monoisotopic (exact) mass is 83.1 g/mol. The van der Waals surface area contributed by atoms with E-state index in [4.69, 9.17) is 1.37 Å². The molecular weight excluding hydrogens is 72.1 g/mol. The lowest BCUT2D eigenvalue weighted by Crippen LogP contribution is -1.62. The zero-order valence-corrected chi connectivity index (χ0v) is 4.02. The van der Waals surface area contributed by atoms with Gasteiger partial charge >= 0.3 is 0 Å². The summed E-state index contributed by atoms with van der Waals surface area (Å²) in [6.45, 7) is 3.61. The van der Waals surface area contributed by atoms with E-state index in [1.807, 2.05) is 6.08 Å². The van der Waals surface area contributed by atoms with Gasteiger partial charge in [0.1, 0.15) is 0 Å². The van der Waals surface area contributed by atoms with Crippen LogP contribution in [0.15, 0.2) is 12.6 Å². The first-order valence-corrected chi connectivity index (χ1v) is 2.39. The van der Waals surface area contributed by atoms with Crippen molar-refractivity contribution in [3.63, 3.8) is 0 Å². The Balaban J connectivity index is 2.21. The van der Waals surface area contributed by atoms with E-state index in [1.54, 1.807) is 0 Å². The summed E-state index contributed by atoms with van der Waals surface area (Å²) >= 11 is 0. The largest absolute Gasteiger partial charge is 0.103 e. The van der Waals surface area contributed by atoms with Gasteiger partial charge in [0.25, 0.3) is 0 Å². The summed E-state index contributed by atoms with van der Waals surface area (Å²) in [5.41, 5.74) is 0. The Labute approximate surface area is 40.3 Å². The summed E-state index contributed by atoms with van der Waals surface area (Å²) < 4.78 is 6.68. The molecule has 0 aromatic heterocycles. The van der Waals surface area contributed by atoms with Crippen LogP contribution in [0.3, 0.4) is 0 Å². The van der Waals surface area contributed by atoms with Crippen molar-refractivity contribution >= 4 is 0 Å². The van der Waals surface area contributed by atoms with E-state index >= 15 is 0 Å². The highest BCUT2D eigenvalue weighted by Gasteiger charge is 2.28. The van der Waals surface area contributed by atoms with E-state index in [9.17, 15) is 0 Å². The average Bonchev–Trinajstić information content (AvgIpc) is 2.22. The van der Waals surface area contributed by atoms with Gasteiger partial charge in [-0.1, -0.05) is 13.0 Å². The molecule has 34 valence electrons. The van der Waals surface area contributed by atoms with Gasteiger partial charge in [-0.3, -0.25) is 0 Å². The van der Waals surface area contributed by atoms with Crippen LogP contribution in [0.25, 0.3) is 0 Å². The summed E-state index contributed by atoms with van der Waals surface area (Å²) in [6, 6.07) is 0. The molecule has 0 aliphatic heterocycles. The van der Waals surface area contributed by atoms with Gasteiger partial charge < -0.3 is 0 Å². The molecule has 0 aromatic rings. The van der Waals surface area contributed by atoms with Crippen molar-refractivity contribution in [3.8, 4) is 0 Å². The molecule has 1 rings (SSSR count). The van der Waals surface area contributed by atoms with Crippen molar-refractivity contribution < 1.29 is 1.37 Å². The Kier molecular flexibility index (Phi) is 0.524. The van der Waals surface area contributed by atoms with Gasteiger partial charge in [-0.15, -0.1) is 6.55 Å². The molecule has 0 nitrogen and oxygen atoms in total. The first-order valence-electron chi connectivity index (χ1n) is 2.97. The lowest BCUT2D eigenvalue weighted by molar-refractivity contribution is 0.901. The number of rotatable bonds is 1. The summed E-state index contributed by atoms with van der Waals surface area (Å²) in [4.78, 5) is 0. The maximum absolute atomic E-state index is 6.68. The fourth-order valence-corrected chi connectivity index (χ4v) is 0.619. The predicted octanol–water partition coefficient (Wildman–Crippen LogP) is 1.83. The normalized spacial score (nSPS) is 46.5. The lowest BCUT2D eigenvalue weighted by Gasteiger charge is -1.72. The fourth-order valence-electron chi connectivity index (χ4n) is 0.619. The minimum Gasteiger partial charge on any atom is -0.103 e. The van der Waals surface area contributed by atoms with Crippen LogP contribution in [0.2, 0.25) is 0 Å².